The molecule has 2 atom stereocenters. The molecule has 3 rings (SSSR count). The van der Waals surface area contributed by atoms with Gasteiger partial charge in [-0.2, -0.15) is 0 Å². The first-order valence-corrected chi connectivity index (χ1v) is 10.7. The summed E-state index contributed by atoms with van der Waals surface area (Å²) in [7, 11) is -3.33. The van der Waals surface area contributed by atoms with Crippen molar-refractivity contribution in [2.75, 3.05) is 6.26 Å². The molecule has 1 aromatic heterocycles. The van der Waals surface area contributed by atoms with Crippen molar-refractivity contribution in [2.45, 2.75) is 36.7 Å². The number of aromatic nitrogens is 1. The number of nitrogens with two attached hydrogens (primary N) is 1. The van der Waals surface area contributed by atoms with Crippen LogP contribution in [0.15, 0.2) is 47.5 Å². The molecule has 1 amide bonds. The molecule has 0 spiro atoms. The van der Waals surface area contributed by atoms with Gasteiger partial charge in [0.25, 0.3) is 0 Å². The largest absolute Gasteiger partial charge is 0.439 e. The Kier molecular flexibility index (Phi) is 9.35. The van der Waals surface area contributed by atoms with Gasteiger partial charge in [0.15, 0.2) is 9.84 Å². The highest BCUT2D eigenvalue weighted by molar-refractivity contribution is 7.90. The Morgan fingerprint density at radius 2 is 2.00 bits per heavy atom. The van der Waals surface area contributed by atoms with E-state index in [0.29, 0.717) is 23.6 Å². The second-order valence-electron chi connectivity index (χ2n) is 6.80. The van der Waals surface area contributed by atoms with Crippen LogP contribution >= 0.6 is 24.8 Å². The quantitative estimate of drug-likeness (QED) is 0.683. The molecule has 160 valence electrons. The van der Waals surface area contributed by atoms with Crippen LogP contribution in [-0.2, 0) is 21.2 Å². The van der Waals surface area contributed by atoms with Crippen LogP contribution in [0.25, 0.3) is 0 Å². The third kappa shape index (κ3) is 6.85. The Hall–Kier alpha value is -1.87. The lowest BCUT2D eigenvalue weighted by Gasteiger charge is -2.13. The summed E-state index contributed by atoms with van der Waals surface area (Å²) < 4.78 is 29.2. The van der Waals surface area contributed by atoms with Crippen LogP contribution in [0.4, 0.5) is 0 Å². The Bertz CT molecular complexity index is 941. The molecule has 1 saturated carbocycles. The number of pyridine rings is 1. The number of carbonyl (C=O) groups excluding carboxylic acids is 1. The molecule has 0 aliphatic heterocycles. The monoisotopic (exact) mass is 461 g/mol. The number of sulfone groups is 1. The minimum Gasteiger partial charge on any atom is -0.439 e. The van der Waals surface area contributed by atoms with E-state index in [1.807, 2.05) is 6.07 Å². The Morgan fingerprint density at radius 1 is 1.24 bits per heavy atom. The fourth-order valence-electron chi connectivity index (χ4n) is 3.11. The second-order valence-corrected chi connectivity index (χ2v) is 8.82. The minimum atomic E-state index is -3.33. The van der Waals surface area contributed by atoms with Crippen molar-refractivity contribution < 1.29 is 17.9 Å². The molecule has 1 fully saturated rings. The van der Waals surface area contributed by atoms with Crippen LogP contribution in [0.5, 0.6) is 11.6 Å². The summed E-state index contributed by atoms with van der Waals surface area (Å²) in [5.74, 6) is 0.627. The first-order valence-electron chi connectivity index (χ1n) is 8.78. The number of hydrogen-bond acceptors (Lipinski definition) is 6. The van der Waals surface area contributed by atoms with E-state index < -0.39 is 9.84 Å². The van der Waals surface area contributed by atoms with Crippen LogP contribution in [0.3, 0.4) is 0 Å². The smallest absolute Gasteiger partial charge is 0.224 e. The van der Waals surface area contributed by atoms with Gasteiger partial charge in [0.05, 0.1) is 4.90 Å². The number of hydrogen-bond donors (Lipinski definition) is 2. The van der Waals surface area contributed by atoms with Gasteiger partial charge < -0.3 is 15.8 Å². The van der Waals surface area contributed by atoms with Crippen LogP contribution < -0.4 is 15.8 Å². The zero-order valence-corrected chi connectivity index (χ0v) is 18.4. The molecule has 10 heteroatoms. The van der Waals surface area contributed by atoms with Gasteiger partial charge in [-0.05, 0) is 43.5 Å². The molecule has 0 bridgehead atoms. The van der Waals surface area contributed by atoms with Gasteiger partial charge in [-0.15, -0.1) is 24.8 Å². The summed E-state index contributed by atoms with van der Waals surface area (Å²) in [6.45, 7) is 0.277. The molecular weight excluding hydrogens is 437 g/mol. The van der Waals surface area contributed by atoms with Gasteiger partial charge in [0.2, 0.25) is 11.8 Å². The summed E-state index contributed by atoms with van der Waals surface area (Å²) in [6, 6.07) is 9.89. The van der Waals surface area contributed by atoms with Crippen LogP contribution in [0, 0.1) is 5.92 Å². The lowest BCUT2D eigenvalue weighted by Crippen LogP contribution is -2.30. The van der Waals surface area contributed by atoms with E-state index >= 15 is 0 Å². The average molecular weight is 462 g/mol. The Morgan fingerprint density at radius 3 is 2.66 bits per heavy atom. The number of benzene rings is 1. The predicted molar refractivity (Wildman–Crippen MR) is 116 cm³/mol. The topological polar surface area (TPSA) is 111 Å². The summed E-state index contributed by atoms with van der Waals surface area (Å²) in [4.78, 5) is 16.7. The molecule has 1 aromatic carbocycles. The summed E-state index contributed by atoms with van der Waals surface area (Å²) >= 11 is 0. The normalized spacial score (nSPS) is 18.3. The maximum atomic E-state index is 12.3. The van der Waals surface area contributed by atoms with E-state index in [9.17, 15) is 13.2 Å². The highest BCUT2D eigenvalue weighted by Crippen LogP contribution is 2.26. The number of rotatable bonds is 6. The van der Waals surface area contributed by atoms with Crippen molar-refractivity contribution >= 4 is 40.6 Å². The van der Waals surface area contributed by atoms with Crippen molar-refractivity contribution in [2.24, 2.45) is 11.7 Å². The van der Waals surface area contributed by atoms with Crippen molar-refractivity contribution in [3.8, 4) is 11.6 Å². The number of carbonyl (C=O) groups is 1. The standard InChI is InChI=1S/C19H23N3O4S.2ClH/c1-27(24,25)17-6-2-5-16(11-17)26-19-14(4-3-9-21-19)12-22-18(23)13-7-8-15(20)10-13;;/h2-6,9,11,13,15H,7-8,10,12,20H2,1H3,(H,22,23);2*1H. The lowest BCUT2D eigenvalue weighted by atomic mass is 10.1. The summed E-state index contributed by atoms with van der Waals surface area (Å²) in [6.07, 6.45) is 5.11. The van der Waals surface area contributed by atoms with Crippen LogP contribution in [0.1, 0.15) is 24.8 Å². The van der Waals surface area contributed by atoms with Gasteiger partial charge in [-0.25, -0.2) is 13.4 Å². The van der Waals surface area contributed by atoms with E-state index in [1.165, 1.54) is 12.1 Å². The van der Waals surface area contributed by atoms with Gasteiger partial charge in [0, 0.05) is 36.5 Å². The Labute approximate surface area is 183 Å². The van der Waals surface area contributed by atoms with Crippen molar-refractivity contribution in [3.05, 3.63) is 48.2 Å². The van der Waals surface area contributed by atoms with E-state index in [0.717, 1.165) is 19.1 Å². The molecular formula is C19H25Cl2N3O4S. The number of nitrogens with zero attached hydrogens (tertiary/aromatic N) is 1. The van der Waals surface area contributed by atoms with Crippen LogP contribution in [-0.4, -0.2) is 31.6 Å². The minimum absolute atomic E-state index is 0. The molecule has 7 nitrogen and oxygen atoms in total. The van der Waals surface area contributed by atoms with Gasteiger partial charge in [-0.3, -0.25) is 4.79 Å². The first-order chi connectivity index (χ1) is 12.8. The van der Waals surface area contributed by atoms with E-state index in [-0.39, 0.29) is 54.1 Å². The molecule has 29 heavy (non-hydrogen) atoms. The van der Waals surface area contributed by atoms with Crippen molar-refractivity contribution in [1.29, 1.82) is 0 Å². The van der Waals surface area contributed by atoms with E-state index in [2.05, 4.69) is 10.3 Å². The average Bonchev–Trinajstić information content (AvgIpc) is 3.07. The fourth-order valence-corrected chi connectivity index (χ4v) is 3.77. The van der Waals surface area contributed by atoms with Crippen molar-refractivity contribution in [3.63, 3.8) is 0 Å². The van der Waals surface area contributed by atoms with Gasteiger partial charge >= 0.3 is 0 Å². The highest BCUT2D eigenvalue weighted by Gasteiger charge is 2.27. The molecule has 0 radical (unpaired) electrons. The maximum Gasteiger partial charge on any atom is 0.224 e. The second kappa shape index (κ2) is 10.8. The fraction of sp³-hybridized carbons (Fsp3) is 0.368. The highest BCUT2D eigenvalue weighted by atomic mass is 35.5. The molecule has 2 unspecified atom stereocenters. The van der Waals surface area contributed by atoms with Gasteiger partial charge in [-0.1, -0.05) is 12.1 Å². The third-order valence-corrected chi connectivity index (χ3v) is 5.71. The number of amides is 1. The predicted octanol–water partition coefficient (Wildman–Crippen LogP) is 2.86. The first kappa shape index (κ1) is 25.2. The zero-order valence-electron chi connectivity index (χ0n) is 15.9. The third-order valence-electron chi connectivity index (χ3n) is 4.60. The molecule has 3 N–H and O–H groups in total. The lowest BCUT2D eigenvalue weighted by molar-refractivity contribution is -0.125. The van der Waals surface area contributed by atoms with Crippen molar-refractivity contribution in [1.82, 2.24) is 10.3 Å². The van der Waals surface area contributed by atoms with Gasteiger partial charge in [0.1, 0.15) is 5.75 Å². The molecule has 1 aliphatic rings. The summed E-state index contributed by atoms with van der Waals surface area (Å²) in [5, 5.41) is 2.91. The zero-order chi connectivity index (χ0) is 19.4. The summed E-state index contributed by atoms with van der Waals surface area (Å²) in [5.41, 5.74) is 6.58. The van der Waals surface area contributed by atoms with E-state index in [4.69, 9.17) is 10.5 Å². The molecule has 1 heterocycles. The number of nitrogens with one attached hydrogen (secondary N) is 1. The molecule has 0 saturated heterocycles. The SMILES string of the molecule is CS(=O)(=O)c1cccc(Oc2ncccc2CNC(=O)C2CCC(N)C2)c1.Cl.Cl. The molecule has 2 aromatic rings. The number of ether oxygens (including phenoxy) is 1. The van der Waals surface area contributed by atoms with Crippen LogP contribution in [0.2, 0.25) is 0 Å². The maximum absolute atomic E-state index is 12.3. The molecule has 1 aliphatic carbocycles. The Balaban J connectivity index is 0.00000210. The number of halogens is 2. The van der Waals surface area contributed by atoms with E-state index in [1.54, 1.807) is 24.4 Å².